The molecule has 7 nitrogen and oxygen atoms in total. The molecule has 2 heterocycles. The van der Waals surface area contributed by atoms with Gasteiger partial charge in [-0.05, 0) is 0 Å². The molecule has 2 N–H and O–H groups in total. The number of imidazole rings is 1. The summed E-state index contributed by atoms with van der Waals surface area (Å²) in [7, 11) is 0. The fourth-order valence-corrected chi connectivity index (χ4v) is 1.23. The third kappa shape index (κ3) is 1.92. The van der Waals surface area contributed by atoms with Crippen LogP contribution in [0.25, 0.3) is 11.2 Å². The molecule has 2 aromatic rings. The molecule has 0 aliphatic rings. The van der Waals surface area contributed by atoms with Crippen LogP contribution in [0.5, 0.6) is 0 Å². The summed E-state index contributed by atoms with van der Waals surface area (Å²) in [6, 6.07) is 0. The standard InChI is InChI=1S/C9H8FN5O2/c1-2-3-17-9(16)15-4-12-5-6(11)13-8(10)14-7(5)15/h2,4H,1,3H2,(H2,11,13,14). The molecule has 0 atom stereocenters. The number of carbonyl (C=O) groups is 1. The average Bonchev–Trinajstić information content (AvgIpc) is 2.69. The minimum atomic E-state index is -1.03. The first-order chi connectivity index (χ1) is 8.13. The van der Waals surface area contributed by atoms with Gasteiger partial charge in [-0.15, -0.1) is 0 Å². The third-order valence-electron chi connectivity index (χ3n) is 1.92. The minimum Gasteiger partial charge on any atom is -0.445 e. The van der Waals surface area contributed by atoms with Crippen molar-refractivity contribution in [2.24, 2.45) is 0 Å². The molecule has 0 unspecified atom stereocenters. The van der Waals surface area contributed by atoms with Gasteiger partial charge >= 0.3 is 12.2 Å². The summed E-state index contributed by atoms with van der Waals surface area (Å²) in [6.07, 6.45) is 0.764. The Hall–Kier alpha value is -2.51. The molecule has 0 saturated heterocycles. The minimum absolute atomic E-state index is 0.0293. The smallest absolute Gasteiger partial charge is 0.421 e. The number of aromatic nitrogens is 4. The van der Waals surface area contributed by atoms with Crippen LogP contribution in [-0.2, 0) is 4.74 Å². The predicted molar refractivity (Wildman–Crippen MR) is 56.6 cm³/mol. The fraction of sp³-hybridized carbons (Fsp3) is 0.111. The summed E-state index contributed by atoms with van der Waals surface area (Å²) in [5.41, 5.74) is 5.54. The Balaban J connectivity index is 2.48. The van der Waals surface area contributed by atoms with Gasteiger partial charge in [-0.25, -0.2) is 14.3 Å². The van der Waals surface area contributed by atoms with Crippen molar-refractivity contribution in [3.63, 3.8) is 0 Å². The second-order valence-corrected chi connectivity index (χ2v) is 3.03. The van der Waals surface area contributed by atoms with Crippen molar-refractivity contribution in [2.75, 3.05) is 12.3 Å². The second kappa shape index (κ2) is 4.16. The number of halogens is 1. The van der Waals surface area contributed by atoms with Crippen LogP contribution < -0.4 is 5.73 Å². The first kappa shape index (κ1) is 11.0. The normalized spacial score (nSPS) is 10.4. The molecule has 0 fully saturated rings. The number of rotatable bonds is 2. The molecule has 2 aromatic heterocycles. The number of hydrogen-bond donors (Lipinski definition) is 1. The van der Waals surface area contributed by atoms with E-state index >= 15 is 0 Å². The molecule has 0 aliphatic carbocycles. The van der Waals surface area contributed by atoms with Crippen LogP contribution in [0.1, 0.15) is 0 Å². The average molecular weight is 237 g/mol. The van der Waals surface area contributed by atoms with Gasteiger partial charge in [0.15, 0.2) is 17.0 Å². The molecule has 88 valence electrons. The van der Waals surface area contributed by atoms with E-state index in [2.05, 4.69) is 21.5 Å². The number of carbonyl (C=O) groups excluding carboxylic acids is 1. The lowest BCUT2D eigenvalue weighted by Crippen LogP contribution is -2.13. The van der Waals surface area contributed by atoms with E-state index in [0.29, 0.717) is 0 Å². The predicted octanol–water partition coefficient (Wildman–Crippen LogP) is 0.718. The maximum Gasteiger partial charge on any atom is 0.421 e. The molecule has 0 saturated carbocycles. The topological polar surface area (TPSA) is 95.9 Å². The summed E-state index contributed by atoms with van der Waals surface area (Å²) in [5.74, 6) is -0.136. The SMILES string of the molecule is C=CCOC(=O)n1cnc2c(N)nc(F)nc21. The molecule has 2 rings (SSSR count). The molecule has 0 aliphatic heterocycles. The van der Waals surface area contributed by atoms with Crippen molar-refractivity contribution in [1.29, 1.82) is 0 Å². The lowest BCUT2D eigenvalue weighted by Gasteiger charge is -2.02. The van der Waals surface area contributed by atoms with E-state index in [1.165, 1.54) is 6.08 Å². The van der Waals surface area contributed by atoms with Gasteiger partial charge in [-0.2, -0.15) is 14.4 Å². The number of anilines is 1. The van der Waals surface area contributed by atoms with Gasteiger partial charge in [0, 0.05) is 0 Å². The van der Waals surface area contributed by atoms with E-state index < -0.39 is 12.2 Å². The molecular formula is C9H8FN5O2. The zero-order valence-electron chi connectivity index (χ0n) is 8.63. The van der Waals surface area contributed by atoms with E-state index in [-0.39, 0.29) is 23.6 Å². The van der Waals surface area contributed by atoms with E-state index in [9.17, 15) is 9.18 Å². The largest absolute Gasteiger partial charge is 0.445 e. The van der Waals surface area contributed by atoms with Crippen molar-refractivity contribution < 1.29 is 13.9 Å². The molecule has 0 amide bonds. The molecule has 8 heteroatoms. The van der Waals surface area contributed by atoms with Gasteiger partial charge in [0.2, 0.25) is 0 Å². The number of ether oxygens (including phenoxy) is 1. The van der Waals surface area contributed by atoms with E-state index in [1.54, 1.807) is 0 Å². The van der Waals surface area contributed by atoms with Gasteiger partial charge < -0.3 is 10.5 Å². The number of nitrogen functional groups attached to an aromatic ring is 1. The van der Waals surface area contributed by atoms with Gasteiger partial charge in [-0.1, -0.05) is 12.7 Å². The van der Waals surface area contributed by atoms with Gasteiger partial charge in [0.25, 0.3) is 0 Å². The van der Waals surface area contributed by atoms with Crippen molar-refractivity contribution in [3.8, 4) is 0 Å². The second-order valence-electron chi connectivity index (χ2n) is 3.03. The van der Waals surface area contributed by atoms with Gasteiger partial charge in [0.1, 0.15) is 12.9 Å². The summed E-state index contributed by atoms with van der Waals surface area (Å²) in [4.78, 5) is 22.1. The molecule has 0 bridgehead atoms. The lowest BCUT2D eigenvalue weighted by molar-refractivity contribution is 0.161. The Morgan fingerprint density at radius 1 is 1.65 bits per heavy atom. The number of fused-ring (bicyclic) bond motifs is 1. The molecule has 0 radical (unpaired) electrons. The van der Waals surface area contributed by atoms with Crippen molar-refractivity contribution in [1.82, 2.24) is 19.5 Å². The molecular weight excluding hydrogens is 229 g/mol. The zero-order valence-corrected chi connectivity index (χ0v) is 8.63. The summed E-state index contributed by atoms with van der Waals surface area (Å²) in [5, 5.41) is 0. The Labute approximate surface area is 94.7 Å². The van der Waals surface area contributed by atoms with Crippen LogP contribution in [0.4, 0.5) is 15.0 Å². The molecule has 0 aromatic carbocycles. The number of nitrogens with zero attached hydrogens (tertiary/aromatic N) is 4. The van der Waals surface area contributed by atoms with E-state index in [1.807, 2.05) is 0 Å². The Morgan fingerprint density at radius 2 is 2.41 bits per heavy atom. The number of nitrogens with two attached hydrogens (primary N) is 1. The highest BCUT2D eigenvalue weighted by atomic mass is 19.1. The molecule has 0 spiro atoms. The van der Waals surface area contributed by atoms with Gasteiger partial charge in [0.05, 0.1) is 0 Å². The summed E-state index contributed by atoms with van der Waals surface area (Å²) < 4.78 is 18.7. The first-order valence-corrected chi connectivity index (χ1v) is 4.57. The highest BCUT2D eigenvalue weighted by Crippen LogP contribution is 2.15. The highest BCUT2D eigenvalue weighted by molar-refractivity contribution is 5.88. The third-order valence-corrected chi connectivity index (χ3v) is 1.92. The van der Waals surface area contributed by atoms with Crippen LogP contribution in [-0.4, -0.2) is 32.2 Å². The Bertz CT molecular complexity index is 594. The van der Waals surface area contributed by atoms with Crippen LogP contribution in [0.2, 0.25) is 0 Å². The van der Waals surface area contributed by atoms with Crippen molar-refractivity contribution >= 4 is 23.1 Å². The van der Waals surface area contributed by atoms with Crippen LogP contribution in [0, 0.1) is 6.08 Å². The molecule has 17 heavy (non-hydrogen) atoms. The first-order valence-electron chi connectivity index (χ1n) is 4.57. The monoisotopic (exact) mass is 237 g/mol. The van der Waals surface area contributed by atoms with E-state index in [0.717, 1.165) is 10.9 Å². The maximum absolute atomic E-state index is 13.0. The highest BCUT2D eigenvalue weighted by Gasteiger charge is 2.16. The maximum atomic E-state index is 13.0. The summed E-state index contributed by atoms with van der Waals surface area (Å²) >= 11 is 0. The van der Waals surface area contributed by atoms with Crippen LogP contribution in [0.15, 0.2) is 19.0 Å². The van der Waals surface area contributed by atoms with Crippen LogP contribution >= 0.6 is 0 Å². The lowest BCUT2D eigenvalue weighted by atomic mass is 10.5. The Kier molecular flexibility index (Phi) is 2.69. The quantitative estimate of drug-likeness (QED) is 0.610. The fourth-order valence-electron chi connectivity index (χ4n) is 1.23. The van der Waals surface area contributed by atoms with Crippen molar-refractivity contribution in [2.45, 2.75) is 0 Å². The van der Waals surface area contributed by atoms with E-state index in [4.69, 9.17) is 10.5 Å². The Morgan fingerprint density at radius 3 is 3.12 bits per heavy atom. The van der Waals surface area contributed by atoms with Gasteiger partial charge in [-0.3, -0.25) is 0 Å². The van der Waals surface area contributed by atoms with Crippen LogP contribution in [0.3, 0.4) is 0 Å². The van der Waals surface area contributed by atoms with Crippen molar-refractivity contribution in [3.05, 3.63) is 25.1 Å². The zero-order chi connectivity index (χ0) is 12.4. The number of hydrogen-bond acceptors (Lipinski definition) is 6. The summed E-state index contributed by atoms with van der Waals surface area (Å²) in [6.45, 7) is 3.43.